The Labute approximate surface area is 106 Å². The molecular formula is C11H14ClNO3S. The molecule has 0 aliphatic rings. The highest BCUT2D eigenvalue weighted by Crippen LogP contribution is 2.20. The third-order valence-electron chi connectivity index (χ3n) is 2.26. The van der Waals surface area contributed by atoms with Crippen LogP contribution in [0.25, 0.3) is 0 Å². The van der Waals surface area contributed by atoms with Crippen LogP contribution in [0.15, 0.2) is 18.2 Å². The van der Waals surface area contributed by atoms with Gasteiger partial charge in [0.2, 0.25) is 5.91 Å². The first-order valence-electron chi connectivity index (χ1n) is 5.10. The lowest BCUT2D eigenvalue weighted by Crippen LogP contribution is -2.24. The number of rotatable bonds is 4. The molecular weight excluding hydrogens is 262 g/mol. The summed E-state index contributed by atoms with van der Waals surface area (Å²) in [6.07, 6.45) is 0. The van der Waals surface area contributed by atoms with Crippen molar-refractivity contribution in [1.29, 1.82) is 0 Å². The van der Waals surface area contributed by atoms with Crippen LogP contribution in [0.5, 0.6) is 0 Å². The van der Waals surface area contributed by atoms with Crippen molar-refractivity contribution < 1.29 is 13.2 Å². The lowest BCUT2D eigenvalue weighted by Gasteiger charge is -2.08. The largest absolute Gasteiger partial charge is 0.325 e. The van der Waals surface area contributed by atoms with Gasteiger partial charge in [0.15, 0.2) is 9.84 Å². The summed E-state index contributed by atoms with van der Waals surface area (Å²) in [6.45, 7) is 3.31. The van der Waals surface area contributed by atoms with E-state index in [1.165, 1.54) is 6.92 Å². The highest BCUT2D eigenvalue weighted by molar-refractivity contribution is 7.92. The summed E-state index contributed by atoms with van der Waals surface area (Å²) in [5.41, 5.74) is 1.37. The zero-order chi connectivity index (χ0) is 13.1. The van der Waals surface area contributed by atoms with E-state index in [-0.39, 0.29) is 5.75 Å². The third kappa shape index (κ3) is 4.36. The second-order valence-corrected chi connectivity index (χ2v) is 6.47. The molecule has 0 aliphatic heterocycles. The lowest BCUT2D eigenvalue weighted by atomic mass is 10.2. The number of hydrogen-bond acceptors (Lipinski definition) is 3. The van der Waals surface area contributed by atoms with E-state index in [0.717, 1.165) is 5.56 Å². The van der Waals surface area contributed by atoms with Crippen molar-refractivity contribution in [3.63, 3.8) is 0 Å². The molecule has 0 saturated carbocycles. The minimum atomic E-state index is -3.31. The fourth-order valence-corrected chi connectivity index (χ4v) is 2.06. The summed E-state index contributed by atoms with van der Waals surface area (Å²) in [7, 11) is -3.31. The predicted octanol–water partition coefficient (Wildman–Crippen LogP) is 2.02. The number of benzene rings is 1. The maximum absolute atomic E-state index is 11.5. The number of hydrogen-bond donors (Lipinski definition) is 1. The van der Waals surface area contributed by atoms with Crippen LogP contribution in [0, 0.1) is 6.92 Å². The molecule has 4 nitrogen and oxygen atoms in total. The van der Waals surface area contributed by atoms with Gasteiger partial charge in [-0.05, 0) is 24.6 Å². The van der Waals surface area contributed by atoms with Gasteiger partial charge in [0.1, 0.15) is 5.75 Å². The van der Waals surface area contributed by atoms with E-state index >= 15 is 0 Å². The van der Waals surface area contributed by atoms with Gasteiger partial charge in [0, 0.05) is 16.5 Å². The Balaban J connectivity index is 2.78. The predicted molar refractivity (Wildman–Crippen MR) is 69.1 cm³/mol. The molecule has 0 saturated heterocycles. The van der Waals surface area contributed by atoms with Crippen molar-refractivity contribution in [2.24, 2.45) is 0 Å². The SMILES string of the molecule is CCS(=O)(=O)CC(=O)Nc1cc(Cl)ccc1C. The molecule has 0 radical (unpaired) electrons. The molecule has 0 aromatic heterocycles. The van der Waals surface area contributed by atoms with Crippen molar-refractivity contribution in [2.75, 3.05) is 16.8 Å². The van der Waals surface area contributed by atoms with Crippen molar-refractivity contribution in [3.8, 4) is 0 Å². The first-order chi connectivity index (χ1) is 7.84. The molecule has 0 bridgehead atoms. The van der Waals surface area contributed by atoms with Crippen LogP contribution in [0.2, 0.25) is 5.02 Å². The highest BCUT2D eigenvalue weighted by atomic mass is 35.5. The van der Waals surface area contributed by atoms with Crippen LogP contribution in [-0.2, 0) is 14.6 Å². The number of carbonyl (C=O) groups is 1. The second-order valence-electron chi connectivity index (χ2n) is 3.68. The Morgan fingerprint density at radius 3 is 2.65 bits per heavy atom. The molecule has 6 heteroatoms. The summed E-state index contributed by atoms with van der Waals surface area (Å²) in [4.78, 5) is 11.5. The average molecular weight is 276 g/mol. The van der Waals surface area contributed by atoms with E-state index in [9.17, 15) is 13.2 Å². The molecule has 94 valence electrons. The average Bonchev–Trinajstić information content (AvgIpc) is 2.23. The van der Waals surface area contributed by atoms with Crippen LogP contribution in [0.4, 0.5) is 5.69 Å². The van der Waals surface area contributed by atoms with Crippen LogP contribution >= 0.6 is 11.6 Å². The van der Waals surface area contributed by atoms with Crippen LogP contribution in [0.3, 0.4) is 0 Å². The van der Waals surface area contributed by atoms with E-state index < -0.39 is 21.5 Å². The van der Waals surface area contributed by atoms with Crippen molar-refractivity contribution in [3.05, 3.63) is 28.8 Å². The van der Waals surface area contributed by atoms with Gasteiger partial charge in [-0.3, -0.25) is 4.79 Å². The zero-order valence-corrected chi connectivity index (χ0v) is 11.2. The first kappa shape index (κ1) is 14.0. The van der Waals surface area contributed by atoms with Gasteiger partial charge < -0.3 is 5.32 Å². The smallest absolute Gasteiger partial charge is 0.239 e. The minimum absolute atomic E-state index is 0.0467. The quantitative estimate of drug-likeness (QED) is 0.914. The normalized spacial score (nSPS) is 11.2. The zero-order valence-electron chi connectivity index (χ0n) is 9.66. The molecule has 17 heavy (non-hydrogen) atoms. The Morgan fingerprint density at radius 1 is 1.41 bits per heavy atom. The van der Waals surface area contributed by atoms with Crippen molar-refractivity contribution >= 4 is 33.0 Å². The van der Waals surface area contributed by atoms with E-state index in [1.807, 2.05) is 0 Å². The Morgan fingerprint density at radius 2 is 2.06 bits per heavy atom. The maximum Gasteiger partial charge on any atom is 0.239 e. The minimum Gasteiger partial charge on any atom is -0.325 e. The first-order valence-corrected chi connectivity index (χ1v) is 7.30. The van der Waals surface area contributed by atoms with Gasteiger partial charge in [0.05, 0.1) is 0 Å². The summed E-state index contributed by atoms with van der Waals surface area (Å²) >= 11 is 5.79. The van der Waals surface area contributed by atoms with Gasteiger partial charge in [-0.25, -0.2) is 8.42 Å². The molecule has 0 heterocycles. The summed E-state index contributed by atoms with van der Waals surface area (Å²) < 4.78 is 22.5. The molecule has 1 N–H and O–H groups in total. The maximum atomic E-state index is 11.5. The monoisotopic (exact) mass is 275 g/mol. The number of aryl methyl sites for hydroxylation is 1. The van der Waals surface area contributed by atoms with Gasteiger partial charge in [-0.1, -0.05) is 24.6 Å². The van der Waals surface area contributed by atoms with E-state index in [2.05, 4.69) is 5.32 Å². The van der Waals surface area contributed by atoms with Gasteiger partial charge in [-0.15, -0.1) is 0 Å². The Hall–Kier alpha value is -1.07. The number of carbonyl (C=O) groups excluding carboxylic acids is 1. The molecule has 0 unspecified atom stereocenters. The highest BCUT2D eigenvalue weighted by Gasteiger charge is 2.15. The third-order valence-corrected chi connectivity index (χ3v) is 4.08. The summed E-state index contributed by atoms with van der Waals surface area (Å²) in [5, 5.41) is 3.03. The Kier molecular flexibility index (Phi) is 4.54. The van der Waals surface area contributed by atoms with E-state index in [0.29, 0.717) is 10.7 Å². The molecule has 1 rings (SSSR count). The standard InChI is InChI=1S/C11H14ClNO3S/c1-3-17(15,16)7-11(14)13-10-6-9(12)5-4-8(10)2/h4-6H,3,7H2,1-2H3,(H,13,14). The number of anilines is 1. The number of sulfone groups is 1. The molecule has 0 fully saturated rings. The van der Waals surface area contributed by atoms with Gasteiger partial charge in [0.25, 0.3) is 0 Å². The summed E-state index contributed by atoms with van der Waals surface area (Å²) in [6, 6.07) is 5.05. The summed E-state index contributed by atoms with van der Waals surface area (Å²) in [5.74, 6) is -1.10. The van der Waals surface area contributed by atoms with Gasteiger partial charge >= 0.3 is 0 Å². The van der Waals surface area contributed by atoms with Gasteiger partial charge in [-0.2, -0.15) is 0 Å². The number of amides is 1. The molecule has 0 spiro atoms. The van der Waals surface area contributed by atoms with Crippen LogP contribution in [0.1, 0.15) is 12.5 Å². The van der Waals surface area contributed by atoms with E-state index in [1.54, 1.807) is 25.1 Å². The van der Waals surface area contributed by atoms with E-state index in [4.69, 9.17) is 11.6 Å². The molecule has 0 atom stereocenters. The van der Waals surface area contributed by atoms with Crippen LogP contribution < -0.4 is 5.32 Å². The fraction of sp³-hybridized carbons (Fsp3) is 0.364. The molecule has 1 aromatic carbocycles. The Bertz CT molecular complexity index is 526. The fourth-order valence-electron chi connectivity index (χ4n) is 1.22. The lowest BCUT2D eigenvalue weighted by molar-refractivity contribution is -0.113. The molecule has 0 aliphatic carbocycles. The van der Waals surface area contributed by atoms with Crippen molar-refractivity contribution in [1.82, 2.24) is 0 Å². The second kappa shape index (κ2) is 5.51. The van der Waals surface area contributed by atoms with Crippen LogP contribution in [-0.4, -0.2) is 25.8 Å². The number of halogens is 1. The molecule has 1 aromatic rings. The topological polar surface area (TPSA) is 63.2 Å². The molecule has 1 amide bonds. The van der Waals surface area contributed by atoms with Crippen molar-refractivity contribution in [2.45, 2.75) is 13.8 Å². The number of nitrogens with one attached hydrogen (secondary N) is 1.